The highest BCUT2D eigenvalue weighted by Crippen LogP contribution is 2.16. The molecule has 0 aliphatic carbocycles. The number of halogens is 1. The molecule has 0 atom stereocenters. The van der Waals surface area contributed by atoms with Gasteiger partial charge in [-0.3, -0.25) is 9.78 Å². The first-order valence-corrected chi connectivity index (χ1v) is 3.81. The minimum absolute atomic E-state index is 0.0746. The zero-order valence-electron chi connectivity index (χ0n) is 6.70. The maximum Gasteiger partial charge on any atom is 0.153 e. The van der Waals surface area contributed by atoms with Crippen molar-refractivity contribution in [1.82, 2.24) is 4.98 Å². The van der Waals surface area contributed by atoms with Crippen LogP contribution in [0, 0.1) is 5.82 Å². The zero-order valence-corrected chi connectivity index (χ0v) is 6.70. The van der Waals surface area contributed by atoms with Gasteiger partial charge >= 0.3 is 0 Å². The van der Waals surface area contributed by atoms with Crippen LogP contribution >= 0.6 is 0 Å². The van der Waals surface area contributed by atoms with Crippen molar-refractivity contribution in [2.24, 2.45) is 0 Å². The lowest BCUT2D eigenvalue weighted by Gasteiger charge is -1.99. The fraction of sp³-hybridized carbons (Fsp3) is 0. The monoisotopic (exact) mass is 175 g/mol. The van der Waals surface area contributed by atoms with Crippen LogP contribution in [-0.2, 0) is 0 Å². The summed E-state index contributed by atoms with van der Waals surface area (Å²) in [5.74, 6) is -0.575. The van der Waals surface area contributed by atoms with Crippen LogP contribution in [0.2, 0.25) is 0 Å². The minimum Gasteiger partial charge on any atom is -0.298 e. The molecule has 0 N–H and O–H groups in total. The summed E-state index contributed by atoms with van der Waals surface area (Å²) in [6, 6.07) is 6.95. The van der Waals surface area contributed by atoms with Crippen molar-refractivity contribution in [3.8, 4) is 0 Å². The van der Waals surface area contributed by atoms with Gasteiger partial charge in [-0.15, -0.1) is 0 Å². The number of carbonyl (C=O) groups is 1. The Hall–Kier alpha value is -1.77. The lowest BCUT2D eigenvalue weighted by molar-refractivity contribution is 0.112. The second-order valence-electron chi connectivity index (χ2n) is 2.65. The number of hydrogen-bond donors (Lipinski definition) is 0. The van der Waals surface area contributed by atoms with E-state index in [2.05, 4.69) is 4.98 Å². The van der Waals surface area contributed by atoms with E-state index in [1.54, 1.807) is 24.3 Å². The van der Waals surface area contributed by atoms with Gasteiger partial charge in [0.15, 0.2) is 12.1 Å². The highest BCUT2D eigenvalue weighted by molar-refractivity contribution is 5.96. The summed E-state index contributed by atoms with van der Waals surface area (Å²) >= 11 is 0. The maximum absolute atomic E-state index is 13.0. The van der Waals surface area contributed by atoms with E-state index in [-0.39, 0.29) is 5.56 Å². The van der Waals surface area contributed by atoms with Crippen molar-refractivity contribution < 1.29 is 9.18 Å². The smallest absolute Gasteiger partial charge is 0.153 e. The van der Waals surface area contributed by atoms with Gasteiger partial charge in [0.1, 0.15) is 0 Å². The van der Waals surface area contributed by atoms with Crippen molar-refractivity contribution in [2.75, 3.05) is 0 Å². The third-order valence-corrected chi connectivity index (χ3v) is 1.89. The van der Waals surface area contributed by atoms with Gasteiger partial charge in [0, 0.05) is 5.39 Å². The van der Waals surface area contributed by atoms with Crippen LogP contribution in [0.1, 0.15) is 10.4 Å². The molecular formula is C10H6FNO. The normalized spacial score (nSPS) is 10.2. The van der Waals surface area contributed by atoms with Crippen LogP contribution in [0.4, 0.5) is 4.39 Å². The Bertz CT molecular complexity index is 467. The van der Waals surface area contributed by atoms with Gasteiger partial charge in [-0.25, -0.2) is 4.39 Å². The highest BCUT2D eigenvalue weighted by Gasteiger charge is 2.05. The number of nitrogens with zero attached hydrogens (tertiary/aromatic N) is 1. The molecule has 1 aromatic carbocycles. The van der Waals surface area contributed by atoms with Crippen molar-refractivity contribution >= 4 is 17.2 Å². The van der Waals surface area contributed by atoms with Gasteiger partial charge in [0.05, 0.1) is 17.3 Å². The van der Waals surface area contributed by atoms with Crippen LogP contribution in [0.3, 0.4) is 0 Å². The summed E-state index contributed by atoms with van der Waals surface area (Å²) in [5, 5.41) is 0.553. The molecular weight excluding hydrogens is 169 g/mol. The molecule has 0 amide bonds. The molecule has 2 nitrogen and oxygen atoms in total. The average Bonchev–Trinajstić information content (AvgIpc) is 2.18. The van der Waals surface area contributed by atoms with Crippen molar-refractivity contribution in [1.29, 1.82) is 0 Å². The number of rotatable bonds is 1. The number of benzene rings is 1. The van der Waals surface area contributed by atoms with E-state index in [1.807, 2.05) is 0 Å². The van der Waals surface area contributed by atoms with Gasteiger partial charge in [-0.1, -0.05) is 18.2 Å². The molecule has 0 radical (unpaired) electrons. The van der Waals surface area contributed by atoms with Gasteiger partial charge in [0.2, 0.25) is 0 Å². The summed E-state index contributed by atoms with van der Waals surface area (Å²) in [7, 11) is 0. The molecule has 0 saturated carbocycles. The minimum atomic E-state index is -0.575. The first kappa shape index (κ1) is 7.86. The van der Waals surface area contributed by atoms with Crippen LogP contribution in [-0.4, -0.2) is 11.3 Å². The highest BCUT2D eigenvalue weighted by atomic mass is 19.1. The second-order valence-corrected chi connectivity index (χ2v) is 2.65. The summed E-state index contributed by atoms with van der Waals surface area (Å²) < 4.78 is 13.0. The number of aromatic nitrogens is 1. The molecule has 2 aromatic rings. The van der Waals surface area contributed by atoms with Crippen molar-refractivity contribution in [3.05, 3.63) is 41.8 Å². The molecule has 64 valence electrons. The number of fused-ring (bicyclic) bond motifs is 1. The van der Waals surface area contributed by atoms with E-state index in [0.717, 1.165) is 6.20 Å². The van der Waals surface area contributed by atoms with Crippen LogP contribution in [0.5, 0.6) is 0 Å². The lowest BCUT2D eigenvalue weighted by atomic mass is 10.1. The molecule has 1 aromatic heterocycles. The fourth-order valence-electron chi connectivity index (χ4n) is 1.26. The van der Waals surface area contributed by atoms with E-state index < -0.39 is 5.82 Å². The summed E-state index contributed by atoms with van der Waals surface area (Å²) in [5.41, 5.74) is 0.705. The molecule has 0 fully saturated rings. The predicted molar refractivity (Wildman–Crippen MR) is 47.1 cm³/mol. The Labute approximate surface area is 74.0 Å². The van der Waals surface area contributed by atoms with Gasteiger partial charge < -0.3 is 0 Å². The van der Waals surface area contributed by atoms with Gasteiger partial charge in [-0.05, 0) is 6.07 Å². The maximum atomic E-state index is 13.0. The molecule has 0 aliphatic heterocycles. The number of hydrogen-bond acceptors (Lipinski definition) is 2. The third-order valence-electron chi connectivity index (χ3n) is 1.89. The average molecular weight is 175 g/mol. The number of pyridine rings is 1. The van der Waals surface area contributed by atoms with Crippen LogP contribution in [0.15, 0.2) is 30.5 Å². The molecule has 0 aliphatic rings. The second kappa shape index (κ2) is 2.94. The third kappa shape index (κ3) is 1.18. The zero-order chi connectivity index (χ0) is 9.26. The number of aldehydes is 1. The van der Waals surface area contributed by atoms with E-state index in [9.17, 15) is 9.18 Å². The van der Waals surface area contributed by atoms with Crippen LogP contribution < -0.4 is 0 Å². The first-order chi connectivity index (χ1) is 6.33. The Morgan fingerprint density at radius 1 is 1.31 bits per heavy atom. The Balaban J connectivity index is 2.91. The quantitative estimate of drug-likeness (QED) is 0.622. The lowest BCUT2D eigenvalue weighted by Crippen LogP contribution is -1.91. The molecule has 3 heteroatoms. The van der Waals surface area contributed by atoms with E-state index in [1.165, 1.54) is 0 Å². The molecule has 0 bridgehead atoms. The number of para-hydroxylation sites is 1. The van der Waals surface area contributed by atoms with Crippen molar-refractivity contribution in [3.63, 3.8) is 0 Å². The SMILES string of the molecule is O=Cc1c(F)cnc2ccccc12. The molecule has 0 saturated heterocycles. The summed E-state index contributed by atoms with van der Waals surface area (Å²) in [6.45, 7) is 0. The molecule has 13 heavy (non-hydrogen) atoms. The standard InChI is InChI=1S/C10H6FNO/c11-9-5-12-10-4-2-1-3-7(10)8(9)6-13/h1-6H. The summed E-state index contributed by atoms with van der Waals surface area (Å²) in [4.78, 5) is 14.4. The first-order valence-electron chi connectivity index (χ1n) is 3.81. The van der Waals surface area contributed by atoms with Gasteiger partial charge in [-0.2, -0.15) is 0 Å². The molecule has 0 spiro atoms. The summed E-state index contributed by atoms with van der Waals surface area (Å²) in [6.07, 6.45) is 1.57. The Morgan fingerprint density at radius 3 is 2.85 bits per heavy atom. The topological polar surface area (TPSA) is 30.0 Å². The molecule has 1 heterocycles. The van der Waals surface area contributed by atoms with Crippen LogP contribution in [0.25, 0.3) is 10.9 Å². The molecule has 0 unspecified atom stereocenters. The van der Waals surface area contributed by atoms with E-state index in [0.29, 0.717) is 17.2 Å². The predicted octanol–water partition coefficient (Wildman–Crippen LogP) is 2.19. The Kier molecular flexibility index (Phi) is 1.77. The van der Waals surface area contributed by atoms with Gasteiger partial charge in [0.25, 0.3) is 0 Å². The Morgan fingerprint density at radius 2 is 2.08 bits per heavy atom. The number of carbonyl (C=O) groups excluding carboxylic acids is 1. The van der Waals surface area contributed by atoms with E-state index >= 15 is 0 Å². The largest absolute Gasteiger partial charge is 0.298 e. The van der Waals surface area contributed by atoms with E-state index in [4.69, 9.17) is 0 Å². The molecule has 2 rings (SSSR count). The van der Waals surface area contributed by atoms with Crippen molar-refractivity contribution in [2.45, 2.75) is 0 Å². The fourth-order valence-corrected chi connectivity index (χ4v) is 1.26.